The number of benzene rings is 1. The molecular formula is C12H15FO. The molecule has 0 fully saturated rings. The summed E-state index contributed by atoms with van der Waals surface area (Å²) in [6, 6.07) is 7.56. The summed E-state index contributed by atoms with van der Waals surface area (Å²) in [4.78, 5) is 0. The van der Waals surface area contributed by atoms with Gasteiger partial charge in [-0.2, -0.15) is 0 Å². The van der Waals surface area contributed by atoms with E-state index in [1.165, 1.54) is 0 Å². The van der Waals surface area contributed by atoms with Crippen molar-refractivity contribution >= 4 is 0 Å². The number of rotatable bonds is 4. The van der Waals surface area contributed by atoms with Crippen LogP contribution in [0.5, 0.6) is 5.75 Å². The van der Waals surface area contributed by atoms with Crippen molar-refractivity contribution in [3.05, 3.63) is 42.0 Å². The van der Waals surface area contributed by atoms with Gasteiger partial charge < -0.3 is 4.74 Å². The lowest BCUT2D eigenvalue weighted by Gasteiger charge is -2.10. The molecule has 1 nitrogen and oxygen atoms in total. The highest BCUT2D eigenvalue weighted by molar-refractivity contribution is 5.27. The lowest BCUT2D eigenvalue weighted by atomic mass is 10.2. The molecule has 0 aliphatic rings. The second-order valence-corrected chi connectivity index (χ2v) is 3.44. The zero-order chi connectivity index (χ0) is 10.6. The summed E-state index contributed by atoms with van der Waals surface area (Å²) in [5, 5.41) is 0. The molecule has 0 radical (unpaired) electrons. The number of hydrogen-bond donors (Lipinski definition) is 0. The van der Waals surface area contributed by atoms with Crippen molar-refractivity contribution in [2.75, 3.05) is 6.61 Å². The fraction of sp³-hybridized carbons (Fsp3) is 0.333. The van der Waals surface area contributed by atoms with Crippen LogP contribution in [0.25, 0.3) is 0 Å². The predicted molar refractivity (Wildman–Crippen MR) is 56.4 cm³/mol. The summed E-state index contributed by atoms with van der Waals surface area (Å²) >= 11 is 0. The van der Waals surface area contributed by atoms with Gasteiger partial charge in [-0.3, -0.25) is 0 Å². The summed E-state index contributed by atoms with van der Waals surface area (Å²) in [7, 11) is 0. The van der Waals surface area contributed by atoms with Gasteiger partial charge in [-0.25, -0.2) is 4.39 Å². The van der Waals surface area contributed by atoms with Crippen LogP contribution in [0.1, 0.15) is 12.5 Å². The molecule has 76 valence electrons. The Labute approximate surface area is 84.2 Å². The third-order valence-electron chi connectivity index (χ3n) is 1.92. The molecule has 1 aromatic rings. The van der Waals surface area contributed by atoms with Gasteiger partial charge in [0.05, 0.1) is 0 Å². The summed E-state index contributed by atoms with van der Waals surface area (Å²) in [6.07, 6.45) is -1.09. The maximum absolute atomic E-state index is 13.1. The molecule has 1 unspecified atom stereocenters. The number of ether oxygens (including phenoxy) is 1. The molecule has 14 heavy (non-hydrogen) atoms. The van der Waals surface area contributed by atoms with Gasteiger partial charge in [-0.15, -0.1) is 0 Å². The molecule has 0 spiro atoms. The Morgan fingerprint density at radius 2 is 2.29 bits per heavy atom. The first-order chi connectivity index (χ1) is 6.59. The molecule has 0 N–H and O–H groups in total. The summed E-state index contributed by atoms with van der Waals surface area (Å²) in [6.45, 7) is 7.20. The van der Waals surface area contributed by atoms with Crippen LogP contribution in [0.2, 0.25) is 0 Å². The SMILES string of the molecule is C=C(C)C(F)COc1cccc(C)c1. The molecule has 2 heteroatoms. The minimum atomic E-state index is -1.09. The number of hydrogen-bond acceptors (Lipinski definition) is 1. The standard InChI is InChI=1S/C12H15FO/c1-9(2)12(13)8-14-11-6-4-5-10(3)7-11/h4-7,12H,1,8H2,2-3H3. The van der Waals surface area contributed by atoms with Gasteiger partial charge in [0, 0.05) is 0 Å². The molecule has 0 bridgehead atoms. The van der Waals surface area contributed by atoms with E-state index in [1.807, 2.05) is 31.2 Å². The highest BCUT2D eigenvalue weighted by Crippen LogP contribution is 2.14. The normalized spacial score (nSPS) is 12.2. The molecule has 1 aromatic carbocycles. The first-order valence-electron chi connectivity index (χ1n) is 4.58. The van der Waals surface area contributed by atoms with Crippen LogP contribution in [0.3, 0.4) is 0 Å². The summed E-state index contributed by atoms with van der Waals surface area (Å²) < 4.78 is 18.4. The van der Waals surface area contributed by atoms with Crippen molar-refractivity contribution in [2.45, 2.75) is 20.0 Å². The van der Waals surface area contributed by atoms with Gasteiger partial charge in [-0.1, -0.05) is 18.7 Å². The van der Waals surface area contributed by atoms with Crippen molar-refractivity contribution in [1.82, 2.24) is 0 Å². The average molecular weight is 194 g/mol. The van der Waals surface area contributed by atoms with E-state index in [0.717, 1.165) is 5.56 Å². The summed E-state index contributed by atoms with van der Waals surface area (Å²) in [5.41, 5.74) is 1.60. The van der Waals surface area contributed by atoms with Crippen LogP contribution < -0.4 is 4.74 Å². The zero-order valence-electron chi connectivity index (χ0n) is 8.59. The van der Waals surface area contributed by atoms with Crippen molar-refractivity contribution in [3.8, 4) is 5.75 Å². The lowest BCUT2D eigenvalue weighted by Crippen LogP contribution is -2.13. The number of halogens is 1. The van der Waals surface area contributed by atoms with E-state index in [-0.39, 0.29) is 6.61 Å². The number of aryl methyl sites for hydroxylation is 1. The summed E-state index contributed by atoms with van der Waals surface area (Å²) in [5.74, 6) is 0.703. The maximum Gasteiger partial charge on any atom is 0.154 e. The molecular weight excluding hydrogens is 179 g/mol. The number of alkyl halides is 1. The van der Waals surface area contributed by atoms with Gasteiger partial charge in [0.25, 0.3) is 0 Å². The van der Waals surface area contributed by atoms with Crippen molar-refractivity contribution in [2.24, 2.45) is 0 Å². The molecule has 1 rings (SSSR count). The Balaban J connectivity index is 2.49. The molecule has 0 aromatic heterocycles. The Morgan fingerprint density at radius 3 is 2.86 bits per heavy atom. The van der Waals surface area contributed by atoms with E-state index >= 15 is 0 Å². The molecule has 1 atom stereocenters. The van der Waals surface area contributed by atoms with Gasteiger partial charge in [0.1, 0.15) is 12.4 Å². The third-order valence-corrected chi connectivity index (χ3v) is 1.92. The third kappa shape index (κ3) is 3.21. The first-order valence-corrected chi connectivity index (χ1v) is 4.58. The highest BCUT2D eigenvalue weighted by Gasteiger charge is 2.07. The van der Waals surface area contributed by atoms with Crippen molar-refractivity contribution in [1.29, 1.82) is 0 Å². The van der Waals surface area contributed by atoms with E-state index in [9.17, 15) is 4.39 Å². The first kappa shape index (κ1) is 10.8. The van der Waals surface area contributed by atoms with Crippen LogP contribution >= 0.6 is 0 Å². The minimum Gasteiger partial charge on any atom is -0.490 e. The van der Waals surface area contributed by atoms with Gasteiger partial charge in [0.15, 0.2) is 6.17 Å². The van der Waals surface area contributed by atoms with Crippen LogP contribution in [-0.4, -0.2) is 12.8 Å². The molecule has 0 amide bonds. The van der Waals surface area contributed by atoms with Gasteiger partial charge in [-0.05, 0) is 37.1 Å². The largest absolute Gasteiger partial charge is 0.490 e. The van der Waals surface area contributed by atoms with Crippen LogP contribution in [0.15, 0.2) is 36.4 Å². The fourth-order valence-corrected chi connectivity index (χ4v) is 1.02. The van der Waals surface area contributed by atoms with Crippen LogP contribution in [-0.2, 0) is 0 Å². The Kier molecular flexibility index (Phi) is 3.69. The Morgan fingerprint density at radius 1 is 1.57 bits per heavy atom. The smallest absolute Gasteiger partial charge is 0.154 e. The van der Waals surface area contributed by atoms with Crippen LogP contribution in [0, 0.1) is 6.92 Å². The zero-order valence-corrected chi connectivity index (χ0v) is 8.59. The predicted octanol–water partition coefficient (Wildman–Crippen LogP) is 3.29. The van der Waals surface area contributed by atoms with E-state index in [0.29, 0.717) is 11.3 Å². The fourth-order valence-electron chi connectivity index (χ4n) is 1.02. The topological polar surface area (TPSA) is 9.23 Å². The van der Waals surface area contributed by atoms with E-state index in [2.05, 4.69) is 6.58 Å². The van der Waals surface area contributed by atoms with E-state index in [1.54, 1.807) is 6.92 Å². The second-order valence-electron chi connectivity index (χ2n) is 3.44. The Hall–Kier alpha value is -1.31. The molecule has 0 saturated heterocycles. The van der Waals surface area contributed by atoms with E-state index in [4.69, 9.17) is 4.74 Å². The highest BCUT2D eigenvalue weighted by atomic mass is 19.1. The van der Waals surface area contributed by atoms with Crippen molar-refractivity contribution < 1.29 is 9.13 Å². The van der Waals surface area contributed by atoms with Crippen molar-refractivity contribution in [3.63, 3.8) is 0 Å². The second kappa shape index (κ2) is 4.80. The van der Waals surface area contributed by atoms with Gasteiger partial charge >= 0.3 is 0 Å². The van der Waals surface area contributed by atoms with E-state index < -0.39 is 6.17 Å². The molecule has 0 aliphatic carbocycles. The minimum absolute atomic E-state index is 0.0405. The molecule has 0 heterocycles. The molecule has 0 saturated carbocycles. The Bertz CT molecular complexity index is 320. The lowest BCUT2D eigenvalue weighted by molar-refractivity contribution is 0.221. The molecule has 0 aliphatic heterocycles. The monoisotopic (exact) mass is 194 g/mol. The quantitative estimate of drug-likeness (QED) is 0.668. The maximum atomic E-state index is 13.1. The van der Waals surface area contributed by atoms with Gasteiger partial charge in [0.2, 0.25) is 0 Å². The average Bonchev–Trinajstić information content (AvgIpc) is 2.14. The van der Waals surface area contributed by atoms with Crippen LogP contribution in [0.4, 0.5) is 4.39 Å².